The number of nitrogens with one attached hydrogen (secondary N) is 2. The molecule has 0 bridgehead atoms. The molecule has 0 heterocycles. The second kappa shape index (κ2) is 13.6. The third-order valence-corrected chi connectivity index (χ3v) is 8.43. The fourth-order valence-corrected chi connectivity index (χ4v) is 5.92. The summed E-state index contributed by atoms with van der Waals surface area (Å²) >= 11 is 0. The Morgan fingerprint density at radius 3 is 1.91 bits per heavy atom. The van der Waals surface area contributed by atoms with Crippen molar-refractivity contribution in [3.63, 3.8) is 0 Å². The highest BCUT2D eigenvalue weighted by Crippen LogP contribution is 2.41. The Balaban J connectivity index is 1.28. The maximum atomic E-state index is 13.9. The van der Waals surface area contributed by atoms with Gasteiger partial charge in [-0.2, -0.15) is 0 Å². The van der Waals surface area contributed by atoms with Crippen LogP contribution < -0.4 is 15.5 Å². The monoisotopic (exact) mass is 589 g/mol. The number of carbonyl (C=O) groups excluding carboxylic acids is 3. The molecular weight excluding hydrogens is 550 g/mol. The first kappa shape index (κ1) is 30.5. The molecule has 4 aromatic rings. The Bertz CT molecular complexity index is 1620. The van der Waals surface area contributed by atoms with Gasteiger partial charge in [0.05, 0.1) is 18.1 Å². The number of hydrogen-bond acceptors (Lipinski definition) is 5. The second-order valence-corrected chi connectivity index (χ2v) is 11.7. The zero-order chi connectivity index (χ0) is 31.1. The third-order valence-electron chi connectivity index (χ3n) is 8.43. The minimum atomic E-state index is -0.514. The molecule has 0 radical (unpaired) electrons. The largest absolute Gasteiger partial charge is 0.465 e. The Hall–Kier alpha value is -4.91. The van der Waals surface area contributed by atoms with Gasteiger partial charge in [-0.1, -0.05) is 67.8 Å². The van der Waals surface area contributed by atoms with Crippen LogP contribution in [0.3, 0.4) is 0 Å². The van der Waals surface area contributed by atoms with Crippen LogP contribution >= 0.6 is 0 Å². The maximum absolute atomic E-state index is 13.9. The van der Waals surface area contributed by atoms with Crippen LogP contribution in [0.1, 0.15) is 58.4 Å². The fourth-order valence-electron chi connectivity index (χ4n) is 5.92. The van der Waals surface area contributed by atoms with Crippen LogP contribution in [-0.2, 0) is 16.0 Å². The van der Waals surface area contributed by atoms with Gasteiger partial charge < -0.3 is 20.3 Å². The van der Waals surface area contributed by atoms with Gasteiger partial charge in [-0.25, -0.2) is 4.79 Å². The predicted molar refractivity (Wildman–Crippen MR) is 176 cm³/mol. The molecule has 1 saturated carbocycles. The number of methoxy groups -OCH3 is 1. The third kappa shape index (κ3) is 7.17. The minimum Gasteiger partial charge on any atom is -0.465 e. The van der Waals surface area contributed by atoms with Crippen molar-refractivity contribution in [1.82, 2.24) is 0 Å². The first-order chi connectivity index (χ1) is 21.3. The molecule has 0 saturated heterocycles. The molecule has 7 nitrogen and oxygen atoms in total. The summed E-state index contributed by atoms with van der Waals surface area (Å²) in [5.74, 6) is -0.830. The Kier molecular flexibility index (Phi) is 9.44. The van der Waals surface area contributed by atoms with E-state index in [0.717, 1.165) is 54.5 Å². The number of ether oxygens (including phenoxy) is 1. The Morgan fingerprint density at radius 2 is 1.30 bits per heavy atom. The maximum Gasteiger partial charge on any atom is 0.337 e. The Morgan fingerprint density at radius 1 is 0.727 bits per heavy atom. The molecule has 2 amide bonds. The van der Waals surface area contributed by atoms with Gasteiger partial charge in [-0.05, 0) is 84.5 Å². The molecule has 0 spiro atoms. The summed E-state index contributed by atoms with van der Waals surface area (Å²) in [6.45, 7) is 0. The van der Waals surface area contributed by atoms with Crippen LogP contribution in [0.5, 0.6) is 0 Å². The summed E-state index contributed by atoms with van der Waals surface area (Å²) < 4.78 is 4.77. The van der Waals surface area contributed by atoms with Crippen molar-refractivity contribution in [3.8, 4) is 11.1 Å². The molecule has 226 valence electrons. The summed E-state index contributed by atoms with van der Waals surface area (Å²) in [5.41, 5.74) is 5.89. The van der Waals surface area contributed by atoms with Crippen molar-refractivity contribution < 1.29 is 19.1 Å². The number of carbonyl (C=O) groups is 3. The number of hydrogen-bond donors (Lipinski definition) is 2. The molecule has 1 aliphatic rings. The lowest BCUT2D eigenvalue weighted by atomic mass is 9.69. The smallest absolute Gasteiger partial charge is 0.337 e. The van der Waals surface area contributed by atoms with Crippen LogP contribution in [0.25, 0.3) is 11.1 Å². The number of nitrogens with zero attached hydrogens (tertiary/aromatic N) is 1. The second-order valence-electron chi connectivity index (χ2n) is 11.7. The summed E-state index contributed by atoms with van der Waals surface area (Å²) in [6, 6.07) is 30.6. The fraction of sp³-hybridized carbons (Fsp3) is 0.270. The first-order valence-corrected chi connectivity index (χ1v) is 15.0. The molecule has 0 aromatic heterocycles. The summed E-state index contributed by atoms with van der Waals surface area (Å²) in [4.78, 5) is 40.9. The van der Waals surface area contributed by atoms with Gasteiger partial charge in [0.2, 0.25) is 5.91 Å². The van der Waals surface area contributed by atoms with E-state index in [-0.39, 0.29) is 11.8 Å². The van der Waals surface area contributed by atoms with Gasteiger partial charge in [-0.15, -0.1) is 0 Å². The average molecular weight is 590 g/mol. The molecule has 7 heteroatoms. The van der Waals surface area contributed by atoms with Gasteiger partial charge >= 0.3 is 5.97 Å². The topological polar surface area (TPSA) is 87.7 Å². The predicted octanol–water partition coefficient (Wildman–Crippen LogP) is 7.59. The lowest BCUT2D eigenvalue weighted by molar-refractivity contribution is -0.127. The van der Waals surface area contributed by atoms with E-state index in [1.54, 1.807) is 48.5 Å². The van der Waals surface area contributed by atoms with Crippen molar-refractivity contribution in [1.29, 1.82) is 0 Å². The van der Waals surface area contributed by atoms with Crippen molar-refractivity contribution in [2.75, 3.05) is 36.7 Å². The van der Waals surface area contributed by atoms with E-state index >= 15 is 0 Å². The van der Waals surface area contributed by atoms with Crippen molar-refractivity contribution in [2.45, 2.75) is 38.5 Å². The highest BCUT2D eigenvalue weighted by molar-refractivity contribution is 6.06. The molecule has 2 N–H and O–H groups in total. The number of amides is 2. The van der Waals surface area contributed by atoms with E-state index in [9.17, 15) is 14.4 Å². The molecule has 4 aromatic carbocycles. The highest BCUT2D eigenvalue weighted by Gasteiger charge is 2.39. The van der Waals surface area contributed by atoms with Gasteiger partial charge in [0.15, 0.2) is 0 Å². The van der Waals surface area contributed by atoms with Crippen molar-refractivity contribution in [3.05, 3.63) is 114 Å². The molecule has 44 heavy (non-hydrogen) atoms. The zero-order valence-corrected chi connectivity index (χ0v) is 25.6. The molecule has 1 fully saturated rings. The van der Waals surface area contributed by atoms with Gasteiger partial charge in [0, 0.05) is 36.7 Å². The standard InChI is InChI=1S/C37H39N3O4/c1-40(2)33-19-17-28(18-20-33)27-15-13-26(14-16-27)25-37(21-5-4-6-22-37)36(43)39-32-12-7-9-29(23-32)34(41)38-31-11-8-10-30(24-31)35(42)44-3/h7-20,23-24H,4-6,21-22,25H2,1-3H3,(H,38,41)(H,39,43). The van der Waals surface area contributed by atoms with Gasteiger partial charge in [0.1, 0.15) is 0 Å². The van der Waals surface area contributed by atoms with Crippen LogP contribution in [0, 0.1) is 5.41 Å². The summed E-state index contributed by atoms with van der Waals surface area (Å²) in [5, 5.41) is 5.95. The van der Waals surface area contributed by atoms with E-state index in [0.29, 0.717) is 28.9 Å². The van der Waals surface area contributed by atoms with Crippen LogP contribution in [0.2, 0.25) is 0 Å². The first-order valence-electron chi connectivity index (χ1n) is 15.0. The van der Waals surface area contributed by atoms with E-state index in [1.807, 2.05) is 14.1 Å². The van der Waals surface area contributed by atoms with Gasteiger partial charge in [-0.3, -0.25) is 9.59 Å². The molecular formula is C37H39N3O4. The quantitative estimate of drug-likeness (QED) is 0.196. The van der Waals surface area contributed by atoms with E-state index in [1.165, 1.54) is 7.11 Å². The van der Waals surface area contributed by atoms with Crippen LogP contribution in [0.4, 0.5) is 17.1 Å². The van der Waals surface area contributed by atoms with E-state index in [4.69, 9.17) is 4.74 Å². The zero-order valence-electron chi connectivity index (χ0n) is 25.6. The number of esters is 1. The molecule has 0 unspecified atom stereocenters. The van der Waals surface area contributed by atoms with Crippen LogP contribution in [-0.4, -0.2) is 39.0 Å². The normalized spacial score (nSPS) is 13.9. The lowest BCUT2D eigenvalue weighted by Crippen LogP contribution is -2.40. The molecule has 1 aliphatic carbocycles. The lowest BCUT2D eigenvalue weighted by Gasteiger charge is -2.36. The Labute approximate surface area is 259 Å². The minimum absolute atomic E-state index is 0.0103. The van der Waals surface area contributed by atoms with Crippen molar-refractivity contribution >= 4 is 34.8 Å². The average Bonchev–Trinajstić information content (AvgIpc) is 3.05. The van der Waals surface area contributed by atoms with Crippen molar-refractivity contribution in [2.24, 2.45) is 5.41 Å². The van der Waals surface area contributed by atoms with Crippen LogP contribution in [0.15, 0.2) is 97.1 Å². The number of rotatable bonds is 9. The summed E-state index contributed by atoms with van der Waals surface area (Å²) in [7, 11) is 5.38. The summed E-state index contributed by atoms with van der Waals surface area (Å²) in [6.07, 6.45) is 5.46. The van der Waals surface area contributed by atoms with Gasteiger partial charge in [0.25, 0.3) is 5.91 Å². The number of benzene rings is 4. The molecule has 0 atom stereocenters. The molecule has 0 aliphatic heterocycles. The highest BCUT2D eigenvalue weighted by atomic mass is 16.5. The van der Waals surface area contributed by atoms with E-state index in [2.05, 4.69) is 64.1 Å². The molecule has 5 rings (SSSR count). The number of anilines is 3. The van der Waals surface area contributed by atoms with E-state index < -0.39 is 11.4 Å². The SMILES string of the molecule is COC(=O)c1cccc(NC(=O)c2cccc(NC(=O)C3(Cc4ccc(-c5ccc(N(C)C)cc5)cc4)CCCCC3)c2)c1.